The van der Waals surface area contributed by atoms with Crippen molar-refractivity contribution in [2.24, 2.45) is 0 Å². The molecule has 0 N–H and O–H groups in total. The number of furan rings is 1. The highest BCUT2D eigenvalue weighted by molar-refractivity contribution is 6.12. The maximum Gasteiger partial charge on any atom is 0.164 e. The van der Waals surface area contributed by atoms with Crippen LogP contribution >= 0.6 is 0 Å². The van der Waals surface area contributed by atoms with E-state index in [4.69, 9.17) is 24.4 Å². The summed E-state index contributed by atoms with van der Waals surface area (Å²) in [7, 11) is 0. The molecule has 50 heavy (non-hydrogen) atoms. The van der Waals surface area contributed by atoms with Crippen molar-refractivity contribution in [3.63, 3.8) is 0 Å². The molecule has 0 aliphatic carbocycles. The standard InChI is InChI=1S/C44H27N5O/c1-4-13-28(14-5-1)42-46-43(29-15-6-2-7-16-29)48-44(47-42)33-20-12-22-38-40(33)41-39(50-38)26-24-35(45-41)30-23-25-37-34(27-30)32-19-10-11-21-36(32)49(37)31-17-8-3-9-18-31/h1-27H. The predicted octanol–water partition coefficient (Wildman–Crippen LogP) is 10.9. The molecule has 0 amide bonds. The number of aromatic nitrogens is 5. The SMILES string of the molecule is c1ccc(-c2nc(-c3ccccc3)nc(-c3cccc4oc5ccc(-c6ccc7c(c6)c6ccccc6n7-c6ccccc6)nc5c34)n2)cc1. The van der Waals surface area contributed by atoms with Gasteiger partial charge >= 0.3 is 0 Å². The van der Waals surface area contributed by atoms with Gasteiger partial charge in [0, 0.05) is 38.7 Å². The average Bonchev–Trinajstić information content (AvgIpc) is 3.74. The van der Waals surface area contributed by atoms with E-state index >= 15 is 0 Å². The number of hydrogen-bond donors (Lipinski definition) is 0. The highest BCUT2D eigenvalue weighted by Gasteiger charge is 2.20. The number of benzene rings is 6. The summed E-state index contributed by atoms with van der Waals surface area (Å²) < 4.78 is 8.70. The maximum atomic E-state index is 6.38. The molecule has 10 rings (SSSR count). The third-order valence-corrected chi connectivity index (χ3v) is 9.26. The van der Waals surface area contributed by atoms with Crippen LogP contribution in [-0.4, -0.2) is 24.5 Å². The molecule has 6 aromatic carbocycles. The van der Waals surface area contributed by atoms with E-state index in [0.29, 0.717) is 23.1 Å². The fourth-order valence-electron chi connectivity index (χ4n) is 6.95. The first-order chi connectivity index (χ1) is 24.8. The molecule has 4 heterocycles. The molecule has 10 aromatic rings. The van der Waals surface area contributed by atoms with Gasteiger partial charge in [-0.2, -0.15) is 0 Å². The highest BCUT2D eigenvalue weighted by Crippen LogP contribution is 2.38. The fourth-order valence-corrected chi connectivity index (χ4v) is 6.95. The maximum absolute atomic E-state index is 6.38. The fraction of sp³-hybridized carbons (Fsp3) is 0. The van der Waals surface area contributed by atoms with Gasteiger partial charge in [0.2, 0.25) is 0 Å². The second-order valence-electron chi connectivity index (χ2n) is 12.3. The van der Waals surface area contributed by atoms with E-state index < -0.39 is 0 Å². The number of rotatable bonds is 5. The zero-order chi connectivity index (χ0) is 33.0. The third kappa shape index (κ3) is 4.58. The highest BCUT2D eigenvalue weighted by atomic mass is 16.3. The van der Waals surface area contributed by atoms with Crippen LogP contribution in [0.3, 0.4) is 0 Å². The van der Waals surface area contributed by atoms with Crippen molar-refractivity contribution in [1.29, 1.82) is 0 Å². The summed E-state index contributed by atoms with van der Waals surface area (Å²) in [5, 5.41) is 3.24. The molecular weight excluding hydrogens is 615 g/mol. The van der Waals surface area contributed by atoms with Crippen LogP contribution in [0.1, 0.15) is 0 Å². The zero-order valence-corrected chi connectivity index (χ0v) is 26.7. The van der Waals surface area contributed by atoms with Crippen LogP contribution in [0.25, 0.3) is 95.0 Å². The summed E-state index contributed by atoms with van der Waals surface area (Å²) in [6.07, 6.45) is 0. The van der Waals surface area contributed by atoms with Crippen LogP contribution in [0.2, 0.25) is 0 Å². The van der Waals surface area contributed by atoms with Crippen molar-refractivity contribution in [3.8, 4) is 51.1 Å². The first-order valence-corrected chi connectivity index (χ1v) is 16.6. The summed E-state index contributed by atoms with van der Waals surface area (Å²) in [5.41, 5.74) is 10.2. The summed E-state index contributed by atoms with van der Waals surface area (Å²) in [4.78, 5) is 20.2. The third-order valence-electron chi connectivity index (χ3n) is 9.26. The molecule has 0 fully saturated rings. The first-order valence-electron chi connectivity index (χ1n) is 16.6. The Bertz CT molecular complexity index is 2800. The summed E-state index contributed by atoms with van der Waals surface area (Å²) in [5.74, 6) is 1.78. The minimum Gasteiger partial charge on any atom is -0.454 e. The van der Waals surface area contributed by atoms with Gasteiger partial charge < -0.3 is 8.98 Å². The largest absolute Gasteiger partial charge is 0.454 e. The van der Waals surface area contributed by atoms with E-state index in [0.717, 1.165) is 55.6 Å². The Morgan fingerprint density at radius 1 is 0.420 bits per heavy atom. The molecule has 4 aromatic heterocycles. The zero-order valence-electron chi connectivity index (χ0n) is 26.7. The van der Waals surface area contributed by atoms with E-state index in [2.05, 4.69) is 71.3 Å². The molecule has 0 saturated heterocycles. The normalized spacial score (nSPS) is 11.6. The van der Waals surface area contributed by atoms with Gasteiger partial charge in [0.25, 0.3) is 0 Å². The van der Waals surface area contributed by atoms with Crippen LogP contribution in [0.4, 0.5) is 0 Å². The second-order valence-corrected chi connectivity index (χ2v) is 12.3. The van der Waals surface area contributed by atoms with Gasteiger partial charge in [-0.25, -0.2) is 19.9 Å². The Morgan fingerprint density at radius 2 is 1.06 bits per heavy atom. The molecule has 0 aliphatic rings. The van der Waals surface area contributed by atoms with E-state index in [1.807, 2.05) is 97.1 Å². The van der Waals surface area contributed by atoms with Crippen LogP contribution < -0.4 is 0 Å². The molecule has 0 unspecified atom stereocenters. The smallest absolute Gasteiger partial charge is 0.164 e. The van der Waals surface area contributed by atoms with Gasteiger partial charge in [-0.15, -0.1) is 0 Å². The second kappa shape index (κ2) is 11.4. The van der Waals surface area contributed by atoms with Gasteiger partial charge in [-0.3, -0.25) is 0 Å². The van der Waals surface area contributed by atoms with Crippen molar-refractivity contribution in [2.75, 3.05) is 0 Å². The van der Waals surface area contributed by atoms with Gasteiger partial charge in [0.05, 0.1) is 22.1 Å². The van der Waals surface area contributed by atoms with Crippen LogP contribution in [0, 0.1) is 0 Å². The lowest BCUT2D eigenvalue weighted by atomic mass is 10.0. The first kappa shape index (κ1) is 28.1. The lowest BCUT2D eigenvalue weighted by Gasteiger charge is -2.09. The minimum atomic E-state index is 0.563. The Hall–Kier alpha value is -6.92. The van der Waals surface area contributed by atoms with Crippen molar-refractivity contribution in [3.05, 3.63) is 164 Å². The number of nitrogens with zero attached hydrogens (tertiary/aromatic N) is 5. The molecule has 0 bridgehead atoms. The minimum absolute atomic E-state index is 0.563. The van der Waals surface area contributed by atoms with Crippen LogP contribution in [0.15, 0.2) is 168 Å². The molecule has 6 heteroatoms. The van der Waals surface area contributed by atoms with E-state index in [1.54, 1.807) is 0 Å². The van der Waals surface area contributed by atoms with Crippen LogP contribution in [-0.2, 0) is 0 Å². The summed E-state index contributed by atoms with van der Waals surface area (Å²) >= 11 is 0. The number of hydrogen-bond acceptors (Lipinski definition) is 5. The molecule has 0 aliphatic heterocycles. The Kier molecular flexibility index (Phi) is 6.39. The number of pyridine rings is 1. The van der Waals surface area contributed by atoms with Gasteiger partial charge in [-0.05, 0) is 48.5 Å². The van der Waals surface area contributed by atoms with Crippen molar-refractivity contribution < 1.29 is 4.42 Å². The van der Waals surface area contributed by atoms with Gasteiger partial charge in [0.1, 0.15) is 11.1 Å². The predicted molar refractivity (Wildman–Crippen MR) is 201 cm³/mol. The van der Waals surface area contributed by atoms with Gasteiger partial charge in [0.15, 0.2) is 23.1 Å². The summed E-state index contributed by atoms with van der Waals surface area (Å²) in [6, 6.07) is 55.7. The lowest BCUT2D eigenvalue weighted by molar-refractivity contribution is 0.668. The van der Waals surface area contributed by atoms with Crippen LogP contribution in [0.5, 0.6) is 0 Å². The Labute approximate surface area is 287 Å². The van der Waals surface area contributed by atoms with Gasteiger partial charge in [-0.1, -0.05) is 115 Å². The quantitative estimate of drug-likeness (QED) is 0.187. The number of fused-ring (bicyclic) bond motifs is 6. The molecule has 0 spiro atoms. The molecule has 0 radical (unpaired) electrons. The van der Waals surface area contributed by atoms with Crippen molar-refractivity contribution in [1.82, 2.24) is 24.5 Å². The monoisotopic (exact) mass is 641 g/mol. The van der Waals surface area contributed by atoms with Crippen molar-refractivity contribution >= 4 is 43.9 Å². The molecular formula is C44H27N5O. The lowest BCUT2D eigenvalue weighted by Crippen LogP contribution is -2.00. The topological polar surface area (TPSA) is 69.6 Å². The number of para-hydroxylation sites is 2. The Balaban J connectivity index is 1.16. The molecule has 0 saturated carbocycles. The van der Waals surface area contributed by atoms with E-state index in [1.165, 1.54) is 16.3 Å². The van der Waals surface area contributed by atoms with E-state index in [9.17, 15) is 0 Å². The Morgan fingerprint density at radius 3 is 1.80 bits per heavy atom. The summed E-state index contributed by atoms with van der Waals surface area (Å²) in [6.45, 7) is 0. The molecule has 6 nitrogen and oxygen atoms in total. The average molecular weight is 642 g/mol. The van der Waals surface area contributed by atoms with Crippen molar-refractivity contribution in [2.45, 2.75) is 0 Å². The molecule has 234 valence electrons. The molecule has 0 atom stereocenters. The van der Waals surface area contributed by atoms with E-state index in [-0.39, 0.29) is 0 Å².